The van der Waals surface area contributed by atoms with Crippen molar-refractivity contribution in [1.82, 2.24) is 5.32 Å². The molecule has 4 aromatic carbocycles. The highest BCUT2D eigenvalue weighted by molar-refractivity contribution is 9.10. The highest BCUT2D eigenvalue weighted by Crippen LogP contribution is 2.26. The monoisotopic (exact) mass is 538 g/mol. The summed E-state index contributed by atoms with van der Waals surface area (Å²) in [7, 11) is -3.94. The summed E-state index contributed by atoms with van der Waals surface area (Å²) in [5.41, 5.74) is 0.389. The molecular weight excluding hydrogens is 516 g/mol. The van der Waals surface area contributed by atoms with Crippen LogP contribution in [0.25, 0.3) is 10.8 Å². The van der Waals surface area contributed by atoms with Crippen molar-refractivity contribution in [3.8, 4) is 5.75 Å². The molecule has 0 bridgehead atoms. The lowest BCUT2D eigenvalue weighted by Crippen LogP contribution is -2.41. The van der Waals surface area contributed by atoms with Crippen molar-refractivity contribution in [1.29, 1.82) is 0 Å². The normalized spacial score (nSPS) is 11.2. The SMILES string of the molecule is O=C(CN(c1cccc(Br)c1)S(=O)(=O)c1ccccc1)NCCOc1cccc2ccccc12. The summed E-state index contributed by atoms with van der Waals surface area (Å²) in [5, 5.41) is 4.82. The van der Waals surface area contributed by atoms with E-state index in [9.17, 15) is 13.2 Å². The van der Waals surface area contributed by atoms with Crippen LogP contribution in [-0.4, -0.2) is 34.0 Å². The number of ether oxygens (including phenoxy) is 1. The molecule has 4 rings (SSSR count). The van der Waals surface area contributed by atoms with Gasteiger partial charge in [0, 0.05) is 9.86 Å². The smallest absolute Gasteiger partial charge is 0.264 e. The van der Waals surface area contributed by atoms with Crippen LogP contribution in [0.1, 0.15) is 0 Å². The minimum absolute atomic E-state index is 0.113. The number of nitrogens with zero attached hydrogens (tertiary/aromatic N) is 1. The zero-order valence-corrected chi connectivity index (χ0v) is 20.6. The molecule has 8 heteroatoms. The van der Waals surface area contributed by atoms with Crippen LogP contribution < -0.4 is 14.4 Å². The number of benzene rings is 4. The molecule has 6 nitrogen and oxygen atoms in total. The number of hydrogen-bond donors (Lipinski definition) is 1. The van der Waals surface area contributed by atoms with Crippen molar-refractivity contribution >= 4 is 48.3 Å². The van der Waals surface area contributed by atoms with Crippen LogP contribution in [0.15, 0.2) is 106 Å². The summed E-state index contributed by atoms with van der Waals surface area (Å²) in [4.78, 5) is 12.8. The Morgan fingerprint density at radius 1 is 0.882 bits per heavy atom. The summed E-state index contributed by atoms with van der Waals surface area (Å²) in [6, 6.07) is 28.6. The van der Waals surface area contributed by atoms with Crippen LogP contribution in [-0.2, 0) is 14.8 Å². The van der Waals surface area contributed by atoms with Gasteiger partial charge in [0.2, 0.25) is 5.91 Å². The van der Waals surface area contributed by atoms with Crippen LogP contribution in [0, 0.1) is 0 Å². The van der Waals surface area contributed by atoms with Gasteiger partial charge < -0.3 is 10.1 Å². The molecule has 0 atom stereocenters. The van der Waals surface area contributed by atoms with E-state index in [-0.39, 0.29) is 24.6 Å². The van der Waals surface area contributed by atoms with Gasteiger partial charge in [0.25, 0.3) is 10.0 Å². The van der Waals surface area contributed by atoms with E-state index < -0.39 is 15.9 Å². The van der Waals surface area contributed by atoms with Crippen LogP contribution in [0.2, 0.25) is 0 Å². The van der Waals surface area contributed by atoms with Crippen molar-refractivity contribution in [2.24, 2.45) is 0 Å². The summed E-state index contributed by atoms with van der Waals surface area (Å²) in [6.07, 6.45) is 0. The third-order valence-corrected chi connectivity index (χ3v) is 7.43. The molecule has 0 fully saturated rings. The first kappa shape index (κ1) is 23.8. The fourth-order valence-electron chi connectivity index (χ4n) is 3.53. The van der Waals surface area contributed by atoms with E-state index in [0.717, 1.165) is 20.8 Å². The molecule has 0 aromatic heterocycles. The van der Waals surface area contributed by atoms with Gasteiger partial charge in [-0.15, -0.1) is 0 Å². The molecule has 0 saturated heterocycles. The summed E-state index contributed by atoms with van der Waals surface area (Å²) >= 11 is 3.37. The standard InChI is InChI=1S/C26H23BrN2O4S/c27-21-10-7-11-22(18-21)29(34(31,32)23-12-2-1-3-13-23)19-26(30)28-16-17-33-25-15-6-9-20-8-4-5-14-24(20)25/h1-15,18H,16-17,19H2,(H,28,30). The number of sulfonamides is 1. The number of nitrogens with one attached hydrogen (secondary N) is 1. The minimum Gasteiger partial charge on any atom is -0.491 e. The molecule has 0 aliphatic heterocycles. The van der Waals surface area contributed by atoms with E-state index in [4.69, 9.17) is 4.74 Å². The lowest BCUT2D eigenvalue weighted by atomic mass is 10.1. The number of carbonyl (C=O) groups is 1. The van der Waals surface area contributed by atoms with Crippen molar-refractivity contribution in [2.45, 2.75) is 4.90 Å². The van der Waals surface area contributed by atoms with Crippen molar-refractivity contribution in [3.05, 3.63) is 102 Å². The maximum Gasteiger partial charge on any atom is 0.264 e. The third kappa shape index (κ3) is 5.58. The van der Waals surface area contributed by atoms with Crippen molar-refractivity contribution in [3.63, 3.8) is 0 Å². The summed E-state index contributed by atoms with van der Waals surface area (Å²) in [5.74, 6) is 0.302. The molecule has 4 aromatic rings. The molecule has 0 aliphatic rings. The van der Waals surface area contributed by atoms with Gasteiger partial charge in [-0.25, -0.2) is 8.42 Å². The predicted molar refractivity (Wildman–Crippen MR) is 138 cm³/mol. The van der Waals surface area contributed by atoms with E-state index in [2.05, 4.69) is 21.2 Å². The Morgan fingerprint density at radius 2 is 1.59 bits per heavy atom. The molecule has 1 amide bonds. The molecule has 0 radical (unpaired) electrons. The maximum absolute atomic E-state index is 13.3. The molecule has 174 valence electrons. The van der Waals surface area contributed by atoms with E-state index >= 15 is 0 Å². The predicted octanol–water partition coefficient (Wildman–Crippen LogP) is 4.99. The van der Waals surface area contributed by atoms with Crippen molar-refractivity contribution in [2.75, 3.05) is 24.0 Å². The zero-order valence-electron chi connectivity index (χ0n) is 18.2. The highest BCUT2D eigenvalue weighted by atomic mass is 79.9. The minimum atomic E-state index is -3.94. The molecule has 34 heavy (non-hydrogen) atoms. The number of fused-ring (bicyclic) bond motifs is 1. The van der Waals surface area contributed by atoms with Gasteiger partial charge in [0.1, 0.15) is 18.9 Å². The second-order valence-corrected chi connectivity index (χ2v) is 10.3. The lowest BCUT2D eigenvalue weighted by molar-refractivity contribution is -0.119. The molecule has 0 saturated carbocycles. The Balaban J connectivity index is 1.44. The lowest BCUT2D eigenvalue weighted by Gasteiger charge is -2.24. The Labute approximate surface area is 207 Å². The van der Waals surface area contributed by atoms with Crippen LogP contribution >= 0.6 is 15.9 Å². The quantitative estimate of drug-likeness (QED) is 0.304. The fraction of sp³-hybridized carbons (Fsp3) is 0.115. The Bertz CT molecular complexity index is 1390. The molecule has 0 heterocycles. The highest BCUT2D eigenvalue weighted by Gasteiger charge is 2.27. The van der Waals surface area contributed by atoms with Gasteiger partial charge in [-0.1, -0.05) is 76.6 Å². The van der Waals surface area contributed by atoms with Gasteiger partial charge >= 0.3 is 0 Å². The Hall–Kier alpha value is -3.36. The molecular formula is C26H23BrN2O4S. The second kappa shape index (κ2) is 10.7. The molecule has 1 N–H and O–H groups in total. The molecule has 0 unspecified atom stereocenters. The second-order valence-electron chi connectivity index (χ2n) is 7.48. The summed E-state index contributed by atoms with van der Waals surface area (Å²) < 4.78 is 34.3. The Morgan fingerprint density at radius 3 is 2.38 bits per heavy atom. The van der Waals surface area contributed by atoms with Crippen molar-refractivity contribution < 1.29 is 17.9 Å². The maximum atomic E-state index is 13.3. The topological polar surface area (TPSA) is 75.7 Å². The summed E-state index contributed by atoms with van der Waals surface area (Å²) in [6.45, 7) is 0.129. The molecule has 0 aliphatic carbocycles. The van der Waals surface area contributed by atoms with Crippen LogP contribution in [0.5, 0.6) is 5.75 Å². The number of rotatable bonds is 9. The van der Waals surface area contributed by atoms with Gasteiger partial charge in [0.05, 0.1) is 17.1 Å². The van der Waals surface area contributed by atoms with Gasteiger partial charge in [0.15, 0.2) is 0 Å². The average Bonchev–Trinajstić information content (AvgIpc) is 2.85. The zero-order chi connectivity index (χ0) is 24.0. The first-order valence-corrected chi connectivity index (χ1v) is 12.9. The van der Waals surface area contributed by atoms with Gasteiger partial charge in [-0.3, -0.25) is 9.10 Å². The first-order valence-electron chi connectivity index (χ1n) is 10.7. The number of anilines is 1. The Kier molecular flexibility index (Phi) is 7.49. The number of carbonyl (C=O) groups excluding carboxylic acids is 1. The van der Waals surface area contributed by atoms with E-state index in [1.165, 1.54) is 12.1 Å². The molecule has 0 spiro atoms. The third-order valence-electron chi connectivity index (χ3n) is 5.15. The van der Waals surface area contributed by atoms with Crippen LogP contribution in [0.4, 0.5) is 5.69 Å². The van der Waals surface area contributed by atoms with E-state index in [1.54, 1.807) is 42.5 Å². The largest absolute Gasteiger partial charge is 0.491 e. The number of hydrogen-bond acceptors (Lipinski definition) is 4. The number of halogens is 1. The van der Waals surface area contributed by atoms with E-state index in [1.807, 2.05) is 42.5 Å². The average molecular weight is 539 g/mol. The van der Waals surface area contributed by atoms with Gasteiger partial charge in [-0.05, 0) is 41.8 Å². The van der Waals surface area contributed by atoms with E-state index in [0.29, 0.717) is 10.2 Å². The first-order chi connectivity index (χ1) is 16.4. The fourth-order valence-corrected chi connectivity index (χ4v) is 5.35. The number of amides is 1. The van der Waals surface area contributed by atoms with Crippen LogP contribution in [0.3, 0.4) is 0 Å². The van der Waals surface area contributed by atoms with Gasteiger partial charge in [-0.2, -0.15) is 0 Å².